The number of benzene rings is 2. The number of Topliss-reactive ketones (excluding diaryl/α,β-unsaturated/α-hetero) is 1. The molecule has 0 bridgehead atoms. The first-order chi connectivity index (χ1) is 11.6. The number of hydrogen-bond acceptors (Lipinski definition) is 4. The Hall–Kier alpha value is -2.09. The van der Waals surface area contributed by atoms with Crippen molar-refractivity contribution in [1.29, 1.82) is 0 Å². The Morgan fingerprint density at radius 3 is 2.28 bits per heavy atom. The van der Waals surface area contributed by atoms with Gasteiger partial charge in [-0.25, -0.2) is 17.9 Å². The summed E-state index contributed by atoms with van der Waals surface area (Å²) in [5, 5.41) is 5.10. The van der Waals surface area contributed by atoms with Crippen LogP contribution in [0.25, 0.3) is 0 Å². The standard InChI is InChI=1S/C18H18FNO4S/c1-18(2)17(21)15(11-6-8-14(9-7-11)25(20,22)23)16(24-18)12-4-3-5-13(19)10-12/h3-10,15-16H,1-2H3,(H2,20,22,23). The number of halogens is 1. The molecule has 1 heterocycles. The second kappa shape index (κ2) is 6.01. The molecule has 7 heteroatoms. The minimum atomic E-state index is -3.82. The molecule has 0 aliphatic carbocycles. The molecule has 0 saturated carbocycles. The molecule has 2 aromatic carbocycles. The van der Waals surface area contributed by atoms with Crippen molar-refractivity contribution in [2.24, 2.45) is 5.14 Å². The van der Waals surface area contributed by atoms with E-state index in [1.807, 2.05) is 0 Å². The highest BCUT2D eigenvalue weighted by molar-refractivity contribution is 7.89. The van der Waals surface area contributed by atoms with Gasteiger partial charge in [-0.3, -0.25) is 4.79 Å². The average molecular weight is 363 g/mol. The molecule has 1 aliphatic rings. The van der Waals surface area contributed by atoms with Gasteiger partial charge in [0.05, 0.1) is 16.9 Å². The van der Waals surface area contributed by atoms with Crippen molar-refractivity contribution in [3.8, 4) is 0 Å². The Kier molecular flexibility index (Phi) is 4.26. The lowest BCUT2D eigenvalue weighted by Crippen LogP contribution is -2.29. The maximum atomic E-state index is 13.6. The topological polar surface area (TPSA) is 86.5 Å². The largest absolute Gasteiger partial charge is 0.359 e. The molecule has 1 aliphatic heterocycles. The summed E-state index contributed by atoms with van der Waals surface area (Å²) in [6.07, 6.45) is -0.654. The number of carbonyl (C=O) groups excluding carboxylic acids is 1. The fraction of sp³-hybridized carbons (Fsp3) is 0.278. The van der Waals surface area contributed by atoms with E-state index in [1.54, 1.807) is 38.1 Å². The Morgan fingerprint density at radius 2 is 1.72 bits per heavy atom. The fourth-order valence-corrected chi connectivity index (χ4v) is 3.61. The number of sulfonamides is 1. The number of ketones is 1. The predicted molar refractivity (Wildman–Crippen MR) is 89.9 cm³/mol. The van der Waals surface area contributed by atoms with Crippen molar-refractivity contribution >= 4 is 15.8 Å². The molecule has 5 nitrogen and oxygen atoms in total. The quantitative estimate of drug-likeness (QED) is 0.908. The van der Waals surface area contributed by atoms with Gasteiger partial charge in [-0.15, -0.1) is 0 Å². The van der Waals surface area contributed by atoms with Gasteiger partial charge in [0.1, 0.15) is 11.4 Å². The Balaban J connectivity index is 2.05. The Labute approximate surface area is 145 Å². The zero-order valence-electron chi connectivity index (χ0n) is 13.8. The summed E-state index contributed by atoms with van der Waals surface area (Å²) in [5.74, 6) is -1.22. The zero-order valence-corrected chi connectivity index (χ0v) is 14.6. The Bertz CT molecular complexity index is 922. The third-order valence-electron chi connectivity index (χ3n) is 4.35. The van der Waals surface area contributed by atoms with Crippen molar-refractivity contribution in [2.45, 2.75) is 36.4 Å². The molecule has 0 amide bonds. The summed E-state index contributed by atoms with van der Waals surface area (Å²) in [4.78, 5) is 12.8. The highest BCUT2D eigenvalue weighted by Crippen LogP contribution is 2.46. The Morgan fingerprint density at radius 1 is 1.08 bits per heavy atom. The summed E-state index contributed by atoms with van der Waals surface area (Å²) in [6, 6.07) is 11.7. The minimum absolute atomic E-state index is 0.0378. The van der Waals surface area contributed by atoms with Gasteiger partial charge in [0.2, 0.25) is 10.0 Å². The molecule has 2 N–H and O–H groups in total. The van der Waals surface area contributed by atoms with E-state index in [0.717, 1.165) is 0 Å². The number of ether oxygens (including phenoxy) is 1. The van der Waals surface area contributed by atoms with E-state index in [4.69, 9.17) is 9.88 Å². The molecule has 0 spiro atoms. The van der Waals surface area contributed by atoms with Crippen LogP contribution in [0, 0.1) is 5.82 Å². The van der Waals surface area contributed by atoms with Crippen LogP contribution < -0.4 is 5.14 Å². The smallest absolute Gasteiger partial charge is 0.238 e. The van der Waals surface area contributed by atoms with Gasteiger partial charge < -0.3 is 4.74 Å². The second-order valence-corrected chi connectivity index (χ2v) is 8.12. The van der Waals surface area contributed by atoms with E-state index >= 15 is 0 Å². The van der Waals surface area contributed by atoms with Crippen molar-refractivity contribution < 1.29 is 22.3 Å². The van der Waals surface area contributed by atoms with Crippen molar-refractivity contribution in [3.05, 3.63) is 65.5 Å². The van der Waals surface area contributed by atoms with E-state index in [-0.39, 0.29) is 10.7 Å². The molecule has 132 valence electrons. The van der Waals surface area contributed by atoms with Crippen molar-refractivity contribution in [1.82, 2.24) is 0 Å². The summed E-state index contributed by atoms with van der Waals surface area (Å²) >= 11 is 0. The van der Waals surface area contributed by atoms with Crippen LogP contribution >= 0.6 is 0 Å². The molecule has 1 fully saturated rings. The van der Waals surface area contributed by atoms with Crippen LogP contribution in [0.2, 0.25) is 0 Å². The van der Waals surface area contributed by atoms with Crippen LogP contribution in [-0.4, -0.2) is 19.8 Å². The van der Waals surface area contributed by atoms with Gasteiger partial charge in [-0.2, -0.15) is 0 Å². The van der Waals surface area contributed by atoms with Crippen molar-refractivity contribution in [3.63, 3.8) is 0 Å². The summed E-state index contributed by atoms with van der Waals surface area (Å²) in [6.45, 7) is 3.33. The number of hydrogen-bond donors (Lipinski definition) is 1. The first-order valence-electron chi connectivity index (χ1n) is 7.70. The molecule has 0 aromatic heterocycles. The highest BCUT2D eigenvalue weighted by Gasteiger charge is 2.49. The predicted octanol–water partition coefficient (Wildman–Crippen LogP) is 2.68. The monoisotopic (exact) mass is 363 g/mol. The molecule has 2 aromatic rings. The molecular weight excluding hydrogens is 345 g/mol. The summed E-state index contributed by atoms with van der Waals surface area (Å²) in [5.41, 5.74) is 0.122. The normalized spacial score (nSPS) is 23.0. The van der Waals surface area contributed by atoms with Crippen LogP contribution in [-0.2, 0) is 19.6 Å². The third-order valence-corrected chi connectivity index (χ3v) is 5.27. The molecule has 3 rings (SSSR count). The SMILES string of the molecule is CC1(C)OC(c2cccc(F)c2)C(c2ccc(S(N)(=O)=O)cc2)C1=O. The van der Waals surface area contributed by atoms with Gasteiger partial charge >= 0.3 is 0 Å². The second-order valence-electron chi connectivity index (χ2n) is 6.56. The maximum Gasteiger partial charge on any atom is 0.238 e. The maximum absolute atomic E-state index is 13.6. The fourth-order valence-electron chi connectivity index (χ4n) is 3.09. The van der Waals surface area contributed by atoms with Gasteiger partial charge in [0, 0.05) is 0 Å². The average Bonchev–Trinajstić information content (AvgIpc) is 2.77. The molecule has 25 heavy (non-hydrogen) atoms. The summed E-state index contributed by atoms with van der Waals surface area (Å²) in [7, 11) is -3.82. The van der Waals surface area contributed by atoms with E-state index in [1.165, 1.54) is 24.3 Å². The first-order valence-corrected chi connectivity index (χ1v) is 9.24. The van der Waals surface area contributed by atoms with E-state index in [9.17, 15) is 17.6 Å². The first kappa shape index (κ1) is 17.7. The minimum Gasteiger partial charge on any atom is -0.359 e. The number of carbonyl (C=O) groups is 1. The van der Waals surface area contributed by atoms with Crippen LogP contribution in [0.1, 0.15) is 37.0 Å². The molecule has 0 radical (unpaired) electrons. The van der Waals surface area contributed by atoms with E-state index in [0.29, 0.717) is 11.1 Å². The van der Waals surface area contributed by atoms with Gasteiger partial charge in [0.25, 0.3) is 0 Å². The lowest BCUT2D eigenvalue weighted by atomic mass is 9.84. The number of rotatable bonds is 3. The van der Waals surface area contributed by atoms with Crippen LogP contribution in [0.5, 0.6) is 0 Å². The number of nitrogens with two attached hydrogens (primary N) is 1. The van der Waals surface area contributed by atoms with Crippen molar-refractivity contribution in [2.75, 3.05) is 0 Å². The lowest BCUT2D eigenvalue weighted by Gasteiger charge is -2.19. The molecule has 2 atom stereocenters. The number of primary sulfonamides is 1. The van der Waals surface area contributed by atoms with Crippen LogP contribution in [0.15, 0.2) is 53.4 Å². The lowest BCUT2D eigenvalue weighted by molar-refractivity contribution is -0.130. The highest BCUT2D eigenvalue weighted by atomic mass is 32.2. The molecular formula is C18H18FNO4S. The van der Waals surface area contributed by atoms with Gasteiger partial charge in [0.15, 0.2) is 5.78 Å². The van der Waals surface area contributed by atoms with E-state index < -0.39 is 33.5 Å². The van der Waals surface area contributed by atoms with Gasteiger partial charge in [-0.05, 0) is 49.2 Å². The summed E-state index contributed by atoms with van der Waals surface area (Å²) < 4.78 is 42.3. The van der Waals surface area contributed by atoms with Crippen LogP contribution in [0.3, 0.4) is 0 Å². The van der Waals surface area contributed by atoms with Gasteiger partial charge in [-0.1, -0.05) is 24.3 Å². The molecule has 2 unspecified atom stereocenters. The van der Waals surface area contributed by atoms with Crippen LogP contribution in [0.4, 0.5) is 4.39 Å². The molecule has 1 saturated heterocycles. The zero-order chi connectivity index (χ0) is 18.4. The van der Waals surface area contributed by atoms with E-state index in [2.05, 4.69) is 0 Å². The third kappa shape index (κ3) is 3.35.